The summed E-state index contributed by atoms with van der Waals surface area (Å²) in [5.41, 5.74) is 1.20. The summed E-state index contributed by atoms with van der Waals surface area (Å²) in [5.74, 6) is 0.970. The Bertz CT molecular complexity index is 551. The summed E-state index contributed by atoms with van der Waals surface area (Å²) < 4.78 is 4.99. The van der Waals surface area contributed by atoms with E-state index < -0.39 is 0 Å². The minimum atomic E-state index is 0.0242. The Balaban J connectivity index is 2.10. The van der Waals surface area contributed by atoms with Crippen LogP contribution in [-0.2, 0) is 6.42 Å². The fourth-order valence-electron chi connectivity index (χ4n) is 1.79. The zero-order chi connectivity index (χ0) is 14.4. The second-order valence-corrected chi connectivity index (χ2v) is 4.95. The van der Waals surface area contributed by atoms with Crippen molar-refractivity contribution < 1.29 is 4.74 Å². The van der Waals surface area contributed by atoms with Crippen molar-refractivity contribution in [3.8, 4) is 6.01 Å². The first kappa shape index (κ1) is 14.9. The molecule has 1 aromatic heterocycles. The van der Waals surface area contributed by atoms with Gasteiger partial charge in [-0.25, -0.2) is 4.98 Å². The summed E-state index contributed by atoms with van der Waals surface area (Å²) in [7, 11) is 1.51. The number of alkyl halides is 1. The average Bonchev–Trinajstić information content (AvgIpc) is 2.49. The van der Waals surface area contributed by atoms with Gasteiger partial charge in [0.15, 0.2) is 5.82 Å². The minimum absolute atomic E-state index is 0.0242. The Kier molecular flexibility index (Phi) is 5.44. The average molecular weight is 312 g/mol. The van der Waals surface area contributed by atoms with Gasteiger partial charge in [0, 0.05) is 11.9 Å². The smallest absolute Gasteiger partial charge is 0.318 e. The van der Waals surface area contributed by atoms with E-state index in [4.69, 9.17) is 27.9 Å². The zero-order valence-corrected chi connectivity index (χ0v) is 12.5. The summed E-state index contributed by atoms with van der Waals surface area (Å²) in [6.07, 6.45) is 2.29. The van der Waals surface area contributed by atoms with Crippen molar-refractivity contribution in [3.05, 3.63) is 47.1 Å². The summed E-state index contributed by atoms with van der Waals surface area (Å²) in [4.78, 5) is 8.12. The molecule has 1 N–H and O–H groups in total. The van der Waals surface area contributed by atoms with E-state index in [1.807, 2.05) is 18.2 Å². The van der Waals surface area contributed by atoms with Crippen LogP contribution in [0.3, 0.4) is 0 Å². The highest BCUT2D eigenvalue weighted by Gasteiger charge is 2.12. The van der Waals surface area contributed by atoms with E-state index in [0.717, 1.165) is 6.42 Å². The molecule has 0 bridgehead atoms. The number of aromatic nitrogens is 2. The van der Waals surface area contributed by atoms with Crippen molar-refractivity contribution in [2.24, 2.45) is 0 Å². The third-order valence-corrected chi connectivity index (χ3v) is 3.41. The standard InChI is InChI=1S/C14H15Cl2N3O/c1-20-14-17-9-12(16)13(19-14)18-11(8-15)7-10-5-3-2-4-6-10/h2-6,9,11H,7-8H2,1H3,(H,17,18,19). The number of hydrogen-bond donors (Lipinski definition) is 1. The van der Waals surface area contributed by atoms with Gasteiger partial charge in [-0.1, -0.05) is 41.9 Å². The van der Waals surface area contributed by atoms with Gasteiger partial charge in [0.1, 0.15) is 5.02 Å². The predicted molar refractivity (Wildman–Crippen MR) is 81.9 cm³/mol. The first-order valence-corrected chi connectivity index (χ1v) is 7.07. The molecule has 0 saturated heterocycles. The lowest BCUT2D eigenvalue weighted by Gasteiger charge is -2.17. The summed E-state index contributed by atoms with van der Waals surface area (Å²) in [5, 5.41) is 3.66. The topological polar surface area (TPSA) is 47.0 Å². The van der Waals surface area contributed by atoms with Crippen molar-refractivity contribution in [3.63, 3.8) is 0 Å². The van der Waals surface area contributed by atoms with E-state index in [-0.39, 0.29) is 12.1 Å². The van der Waals surface area contributed by atoms with Gasteiger partial charge < -0.3 is 10.1 Å². The molecule has 1 heterocycles. The van der Waals surface area contributed by atoms with E-state index in [1.165, 1.54) is 18.9 Å². The molecule has 2 rings (SSSR count). The number of hydrogen-bond acceptors (Lipinski definition) is 4. The maximum atomic E-state index is 6.07. The Hall–Kier alpha value is -1.52. The fraction of sp³-hybridized carbons (Fsp3) is 0.286. The minimum Gasteiger partial charge on any atom is -0.467 e. The number of anilines is 1. The molecule has 0 radical (unpaired) electrons. The number of rotatable bonds is 6. The largest absolute Gasteiger partial charge is 0.467 e. The maximum absolute atomic E-state index is 6.07. The molecule has 0 amide bonds. The van der Waals surface area contributed by atoms with Gasteiger partial charge in [0.2, 0.25) is 0 Å². The molecule has 106 valence electrons. The van der Waals surface area contributed by atoms with Crippen LogP contribution in [0, 0.1) is 0 Å². The quantitative estimate of drug-likeness (QED) is 0.831. The van der Waals surface area contributed by atoms with Crippen molar-refractivity contribution in [2.45, 2.75) is 12.5 Å². The zero-order valence-electron chi connectivity index (χ0n) is 11.0. The van der Waals surface area contributed by atoms with E-state index in [1.54, 1.807) is 0 Å². The molecule has 1 unspecified atom stereocenters. The lowest BCUT2D eigenvalue weighted by atomic mass is 10.1. The first-order valence-electron chi connectivity index (χ1n) is 6.16. The van der Waals surface area contributed by atoms with Crippen LogP contribution in [0.5, 0.6) is 6.01 Å². The summed E-state index contributed by atoms with van der Waals surface area (Å²) >= 11 is 12.1. The van der Waals surface area contributed by atoms with Crippen LogP contribution in [0.2, 0.25) is 5.02 Å². The molecular formula is C14H15Cl2N3O. The summed E-state index contributed by atoms with van der Waals surface area (Å²) in [6.45, 7) is 0. The lowest BCUT2D eigenvalue weighted by Crippen LogP contribution is -2.25. The van der Waals surface area contributed by atoms with Crippen LogP contribution >= 0.6 is 23.2 Å². The first-order chi connectivity index (χ1) is 9.72. The van der Waals surface area contributed by atoms with Crippen LogP contribution in [0.4, 0.5) is 5.82 Å². The third-order valence-electron chi connectivity index (χ3n) is 2.76. The number of nitrogens with zero attached hydrogens (tertiary/aromatic N) is 2. The van der Waals surface area contributed by atoms with E-state index in [0.29, 0.717) is 16.7 Å². The van der Waals surface area contributed by atoms with E-state index >= 15 is 0 Å². The SMILES string of the molecule is COc1ncc(Cl)c(NC(CCl)Cc2ccccc2)n1. The molecule has 0 aliphatic rings. The molecule has 4 nitrogen and oxygen atoms in total. The Labute approximate surface area is 128 Å². The van der Waals surface area contributed by atoms with E-state index in [9.17, 15) is 0 Å². The number of methoxy groups -OCH3 is 1. The molecule has 0 saturated carbocycles. The van der Waals surface area contributed by atoms with Crippen LogP contribution < -0.4 is 10.1 Å². The fourth-order valence-corrected chi connectivity index (χ4v) is 2.12. The molecule has 20 heavy (non-hydrogen) atoms. The lowest BCUT2D eigenvalue weighted by molar-refractivity contribution is 0.380. The monoisotopic (exact) mass is 311 g/mol. The van der Waals surface area contributed by atoms with Gasteiger partial charge in [0.05, 0.1) is 13.3 Å². The van der Waals surface area contributed by atoms with Crippen molar-refractivity contribution in [1.82, 2.24) is 9.97 Å². The molecule has 6 heteroatoms. The number of ether oxygens (including phenoxy) is 1. The van der Waals surface area contributed by atoms with Crippen LogP contribution in [0.1, 0.15) is 5.56 Å². The second kappa shape index (κ2) is 7.31. The molecule has 1 atom stereocenters. The van der Waals surface area contributed by atoms with Gasteiger partial charge in [-0.15, -0.1) is 11.6 Å². The molecular weight excluding hydrogens is 297 g/mol. The Morgan fingerprint density at radius 3 is 2.70 bits per heavy atom. The number of nitrogens with one attached hydrogen (secondary N) is 1. The molecule has 1 aromatic carbocycles. The van der Waals surface area contributed by atoms with Gasteiger partial charge in [-0.05, 0) is 12.0 Å². The molecule has 0 aliphatic carbocycles. The van der Waals surface area contributed by atoms with Crippen molar-refractivity contribution in [1.29, 1.82) is 0 Å². The Morgan fingerprint density at radius 1 is 1.30 bits per heavy atom. The van der Waals surface area contributed by atoms with Crippen molar-refractivity contribution >= 4 is 29.0 Å². The highest BCUT2D eigenvalue weighted by molar-refractivity contribution is 6.32. The second-order valence-electron chi connectivity index (χ2n) is 4.24. The van der Waals surface area contributed by atoms with Crippen LogP contribution in [0.25, 0.3) is 0 Å². The van der Waals surface area contributed by atoms with Crippen molar-refractivity contribution in [2.75, 3.05) is 18.3 Å². The van der Waals surface area contributed by atoms with Crippen LogP contribution in [-0.4, -0.2) is 29.0 Å². The summed E-state index contributed by atoms with van der Waals surface area (Å²) in [6, 6.07) is 10.4. The molecule has 0 spiro atoms. The van der Waals surface area contributed by atoms with Gasteiger partial charge in [-0.2, -0.15) is 4.98 Å². The van der Waals surface area contributed by atoms with Crippen LogP contribution in [0.15, 0.2) is 36.5 Å². The highest BCUT2D eigenvalue weighted by Crippen LogP contribution is 2.22. The van der Waals surface area contributed by atoms with Gasteiger partial charge >= 0.3 is 6.01 Å². The third kappa shape index (κ3) is 3.99. The predicted octanol–water partition coefficient (Wildman–Crippen LogP) is 3.40. The van der Waals surface area contributed by atoms with E-state index in [2.05, 4.69) is 27.4 Å². The Morgan fingerprint density at radius 2 is 2.05 bits per heavy atom. The highest BCUT2D eigenvalue weighted by atomic mass is 35.5. The molecule has 0 fully saturated rings. The number of benzene rings is 1. The number of halogens is 2. The molecule has 0 aliphatic heterocycles. The van der Waals surface area contributed by atoms with Gasteiger partial charge in [0.25, 0.3) is 0 Å². The maximum Gasteiger partial charge on any atom is 0.318 e. The normalized spacial score (nSPS) is 11.9. The van der Waals surface area contributed by atoms with Gasteiger partial charge in [-0.3, -0.25) is 0 Å². The molecule has 2 aromatic rings.